The number of unbranched alkanes of at least 4 members (excludes halogenated alkanes) is 2. The van der Waals surface area contributed by atoms with Gasteiger partial charge in [0.05, 0.1) is 18.8 Å². The Morgan fingerprint density at radius 3 is 2.82 bits per heavy atom. The zero-order valence-corrected chi connectivity index (χ0v) is 10.4. The summed E-state index contributed by atoms with van der Waals surface area (Å²) in [6.07, 6.45) is 1.76. The maximum Gasteiger partial charge on any atom is 0.125 e. The summed E-state index contributed by atoms with van der Waals surface area (Å²) in [5.74, 6) is 0.747. The molecule has 0 aliphatic heterocycles. The SMILES string of the molecule is Cc1ccc([C@H](C)O)c(OCCCCC#N)c1. The number of benzene rings is 1. The minimum Gasteiger partial charge on any atom is -0.493 e. The van der Waals surface area contributed by atoms with Crippen molar-refractivity contribution in [3.63, 3.8) is 0 Å². The third-order valence-electron chi connectivity index (χ3n) is 2.56. The van der Waals surface area contributed by atoms with Gasteiger partial charge in [0.1, 0.15) is 5.75 Å². The number of ether oxygens (including phenoxy) is 1. The monoisotopic (exact) mass is 233 g/mol. The second-order valence-electron chi connectivity index (χ2n) is 4.18. The summed E-state index contributed by atoms with van der Waals surface area (Å²) in [5.41, 5.74) is 1.93. The molecule has 0 fully saturated rings. The van der Waals surface area contributed by atoms with Crippen LogP contribution in [-0.4, -0.2) is 11.7 Å². The topological polar surface area (TPSA) is 53.2 Å². The lowest BCUT2D eigenvalue weighted by Crippen LogP contribution is -2.02. The summed E-state index contributed by atoms with van der Waals surface area (Å²) < 4.78 is 5.66. The average Bonchev–Trinajstić information content (AvgIpc) is 2.28. The van der Waals surface area contributed by atoms with Crippen LogP contribution in [0.25, 0.3) is 0 Å². The van der Waals surface area contributed by atoms with Crippen molar-refractivity contribution >= 4 is 0 Å². The van der Waals surface area contributed by atoms with Gasteiger partial charge in [-0.25, -0.2) is 0 Å². The molecule has 92 valence electrons. The van der Waals surface area contributed by atoms with E-state index in [1.54, 1.807) is 6.92 Å². The van der Waals surface area contributed by atoms with Crippen LogP contribution in [0.5, 0.6) is 5.75 Å². The molecule has 1 aromatic rings. The van der Waals surface area contributed by atoms with Crippen LogP contribution in [-0.2, 0) is 0 Å². The van der Waals surface area contributed by atoms with Crippen molar-refractivity contribution in [2.75, 3.05) is 6.61 Å². The van der Waals surface area contributed by atoms with Crippen LogP contribution in [0.15, 0.2) is 18.2 Å². The van der Waals surface area contributed by atoms with Gasteiger partial charge in [-0.05, 0) is 38.3 Å². The number of nitriles is 1. The first-order valence-electron chi connectivity index (χ1n) is 5.93. The van der Waals surface area contributed by atoms with Gasteiger partial charge in [-0.2, -0.15) is 5.26 Å². The summed E-state index contributed by atoms with van der Waals surface area (Å²) in [7, 11) is 0. The number of rotatable bonds is 6. The Hall–Kier alpha value is -1.53. The molecular weight excluding hydrogens is 214 g/mol. The minimum atomic E-state index is -0.523. The van der Waals surface area contributed by atoms with E-state index in [0.29, 0.717) is 13.0 Å². The molecule has 1 N–H and O–H groups in total. The van der Waals surface area contributed by atoms with E-state index in [-0.39, 0.29) is 0 Å². The lowest BCUT2D eigenvalue weighted by atomic mass is 10.1. The Kier molecular flexibility index (Phi) is 5.51. The Labute approximate surface area is 103 Å². The van der Waals surface area contributed by atoms with E-state index in [1.807, 2.05) is 25.1 Å². The highest BCUT2D eigenvalue weighted by molar-refractivity contribution is 5.38. The van der Waals surface area contributed by atoms with E-state index < -0.39 is 6.10 Å². The Balaban J connectivity index is 2.57. The van der Waals surface area contributed by atoms with Gasteiger partial charge < -0.3 is 9.84 Å². The molecule has 0 bridgehead atoms. The molecular formula is C14H19NO2. The van der Waals surface area contributed by atoms with Gasteiger partial charge in [0.2, 0.25) is 0 Å². The first-order chi connectivity index (χ1) is 8.15. The first-order valence-corrected chi connectivity index (χ1v) is 5.93. The quantitative estimate of drug-likeness (QED) is 0.768. The molecule has 17 heavy (non-hydrogen) atoms. The summed E-state index contributed by atoms with van der Waals surface area (Å²) in [6, 6.07) is 7.90. The second kappa shape index (κ2) is 6.93. The average molecular weight is 233 g/mol. The van der Waals surface area contributed by atoms with E-state index in [0.717, 1.165) is 29.7 Å². The van der Waals surface area contributed by atoms with Gasteiger partial charge in [0.15, 0.2) is 0 Å². The summed E-state index contributed by atoms with van der Waals surface area (Å²) in [4.78, 5) is 0. The molecule has 0 radical (unpaired) electrons. The van der Waals surface area contributed by atoms with Crippen LogP contribution >= 0.6 is 0 Å². The van der Waals surface area contributed by atoms with Crippen molar-refractivity contribution in [2.45, 2.75) is 39.2 Å². The number of aliphatic hydroxyl groups is 1. The number of aryl methyl sites for hydroxylation is 1. The fraction of sp³-hybridized carbons (Fsp3) is 0.500. The Morgan fingerprint density at radius 2 is 2.18 bits per heavy atom. The van der Waals surface area contributed by atoms with Crippen LogP contribution < -0.4 is 4.74 Å². The van der Waals surface area contributed by atoms with Crippen molar-refractivity contribution < 1.29 is 9.84 Å². The van der Waals surface area contributed by atoms with Crippen LogP contribution in [0.3, 0.4) is 0 Å². The zero-order chi connectivity index (χ0) is 12.7. The van der Waals surface area contributed by atoms with E-state index in [9.17, 15) is 5.11 Å². The van der Waals surface area contributed by atoms with Gasteiger partial charge in [-0.1, -0.05) is 12.1 Å². The minimum absolute atomic E-state index is 0.523. The van der Waals surface area contributed by atoms with E-state index >= 15 is 0 Å². The summed E-state index contributed by atoms with van der Waals surface area (Å²) in [5, 5.41) is 18.0. The molecule has 0 saturated carbocycles. The van der Waals surface area contributed by atoms with Crippen LogP contribution in [0.2, 0.25) is 0 Å². The Bertz CT molecular complexity index is 394. The Morgan fingerprint density at radius 1 is 1.41 bits per heavy atom. The predicted octanol–water partition coefficient (Wildman–Crippen LogP) is 3.12. The lowest BCUT2D eigenvalue weighted by Gasteiger charge is -2.14. The molecule has 0 saturated heterocycles. The van der Waals surface area contributed by atoms with E-state index in [1.165, 1.54) is 0 Å². The van der Waals surface area contributed by atoms with Gasteiger partial charge in [-0.15, -0.1) is 0 Å². The third-order valence-corrected chi connectivity index (χ3v) is 2.56. The van der Waals surface area contributed by atoms with E-state index in [4.69, 9.17) is 10.00 Å². The molecule has 0 aromatic heterocycles. The second-order valence-corrected chi connectivity index (χ2v) is 4.18. The molecule has 0 unspecified atom stereocenters. The number of hydrogen-bond donors (Lipinski definition) is 1. The van der Waals surface area contributed by atoms with E-state index in [2.05, 4.69) is 6.07 Å². The fourth-order valence-electron chi connectivity index (χ4n) is 1.60. The van der Waals surface area contributed by atoms with Crippen molar-refractivity contribution in [1.82, 2.24) is 0 Å². The summed E-state index contributed by atoms with van der Waals surface area (Å²) >= 11 is 0. The molecule has 1 rings (SSSR count). The molecule has 0 heterocycles. The van der Waals surface area contributed by atoms with Gasteiger partial charge in [0, 0.05) is 12.0 Å². The smallest absolute Gasteiger partial charge is 0.125 e. The normalized spacial score (nSPS) is 11.9. The predicted molar refractivity (Wildman–Crippen MR) is 66.8 cm³/mol. The standard InChI is InChI=1S/C14H19NO2/c1-11-6-7-13(12(2)16)14(10-11)17-9-5-3-4-8-15/h6-7,10,12,16H,3-5,9H2,1-2H3/t12-/m0/s1. The van der Waals surface area contributed by atoms with Gasteiger partial charge >= 0.3 is 0 Å². The molecule has 0 spiro atoms. The number of hydrogen-bond acceptors (Lipinski definition) is 3. The highest BCUT2D eigenvalue weighted by Gasteiger charge is 2.08. The molecule has 3 nitrogen and oxygen atoms in total. The van der Waals surface area contributed by atoms with Gasteiger partial charge in [0.25, 0.3) is 0 Å². The van der Waals surface area contributed by atoms with Crippen LogP contribution in [0.1, 0.15) is 43.4 Å². The first kappa shape index (κ1) is 13.5. The van der Waals surface area contributed by atoms with Crippen LogP contribution in [0, 0.1) is 18.3 Å². The zero-order valence-electron chi connectivity index (χ0n) is 10.4. The number of nitrogens with zero attached hydrogens (tertiary/aromatic N) is 1. The molecule has 0 aliphatic carbocycles. The maximum absolute atomic E-state index is 9.61. The fourth-order valence-corrected chi connectivity index (χ4v) is 1.60. The highest BCUT2D eigenvalue weighted by atomic mass is 16.5. The largest absolute Gasteiger partial charge is 0.493 e. The lowest BCUT2D eigenvalue weighted by molar-refractivity contribution is 0.190. The molecule has 1 aromatic carbocycles. The maximum atomic E-state index is 9.61. The highest BCUT2D eigenvalue weighted by Crippen LogP contribution is 2.26. The summed E-state index contributed by atoms with van der Waals surface area (Å²) in [6.45, 7) is 4.31. The van der Waals surface area contributed by atoms with Gasteiger partial charge in [-0.3, -0.25) is 0 Å². The van der Waals surface area contributed by atoms with Crippen molar-refractivity contribution in [2.24, 2.45) is 0 Å². The molecule has 3 heteroatoms. The van der Waals surface area contributed by atoms with Crippen molar-refractivity contribution in [1.29, 1.82) is 5.26 Å². The number of aliphatic hydroxyl groups excluding tert-OH is 1. The van der Waals surface area contributed by atoms with Crippen molar-refractivity contribution in [3.8, 4) is 11.8 Å². The van der Waals surface area contributed by atoms with Crippen molar-refractivity contribution in [3.05, 3.63) is 29.3 Å². The van der Waals surface area contributed by atoms with Crippen LogP contribution in [0.4, 0.5) is 0 Å². The molecule has 1 atom stereocenters. The molecule has 0 aliphatic rings. The third kappa shape index (κ3) is 4.46. The molecule has 0 amide bonds.